The van der Waals surface area contributed by atoms with Gasteiger partial charge in [-0.3, -0.25) is 14.6 Å². The molecule has 1 aliphatic rings. The van der Waals surface area contributed by atoms with Crippen molar-refractivity contribution in [3.8, 4) is 11.1 Å². The zero-order chi connectivity index (χ0) is 19.1. The number of amides is 2. The molecule has 0 bridgehead atoms. The van der Waals surface area contributed by atoms with Gasteiger partial charge in [-0.2, -0.15) is 0 Å². The maximum Gasteiger partial charge on any atom is 0.254 e. The molecule has 2 aromatic carbocycles. The van der Waals surface area contributed by atoms with Crippen molar-refractivity contribution in [2.45, 2.75) is 6.54 Å². The number of benzene rings is 2. The second kappa shape index (κ2) is 6.25. The van der Waals surface area contributed by atoms with Gasteiger partial charge in [0.1, 0.15) is 0 Å². The van der Waals surface area contributed by atoms with E-state index in [1.165, 1.54) is 0 Å². The van der Waals surface area contributed by atoms with E-state index < -0.39 is 5.91 Å². The van der Waals surface area contributed by atoms with Crippen molar-refractivity contribution in [1.82, 2.24) is 9.88 Å². The molecule has 0 spiro atoms. The van der Waals surface area contributed by atoms with E-state index in [4.69, 9.17) is 11.5 Å². The second-order valence-electron chi connectivity index (χ2n) is 6.63. The van der Waals surface area contributed by atoms with Gasteiger partial charge in [-0.1, -0.05) is 30.8 Å². The minimum absolute atomic E-state index is 0.117. The molecule has 134 valence electrons. The first-order chi connectivity index (χ1) is 13.0. The van der Waals surface area contributed by atoms with E-state index in [0.29, 0.717) is 17.8 Å². The molecule has 27 heavy (non-hydrogen) atoms. The number of hydrogen-bond acceptors (Lipinski definition) is 4. The van der Waals surface area contributed by atoms with Crippen molar-refractivity contribution in [3.05, 3.63) is 72.1 Å². The largest absolute Gasteiger partial charge is 0.397 e. The fourth-order valence-electron chi connectivity index (χ4n) is 3.51. The Morgan fingerprint density at radius 3 is 2.59 bits per heavy atom. The molecule has 1 aromatic heterocycles. The third-order valence-corrected chi connectivity index (χ3v) is 4.82. The lowest BCUT2D eigenvalue weighted by molar-refractivity contribution is -0.114. The SMILES string of the molecule is C=C(CN1Cc2c(cc(-c3cncc(N)c3)c3ccccc23)C1=O)C(N)=O. The van der Waals surface area contributed by atoms with Crippen LogP contribution in [0.25, 0.3) is 21.9 Å². The highest BCUT2D eigenvalue weighted by Gasteiger charge is 2.30. The number of carbonyl (C=O) groups is 2. The molecule has 0 radical (unpaired) electrons. The van der Waals surface area contributed by atoms with Crippen LogP contribution in [0.4, 0.5) is 5.69 Å². The van der Waals surface area contributed by atoms with Crippen LogP contribution in [0.5, 0.6) is 0 Å². The van der Waals surface area contributed by atoms with Crippen molar-refractivity contribution in [1.29, 1.82) is 0 Å². The van der Waals surface area contributed by atoms with Crippen LogP contribution in [0, 0.1) is 0 Å². The zero-order valence-corrected chi connectivity index (χ0v) is 14.6. The number of pyridine rings is 1. The average molecular weight is 358 g/mol. The van der Waals surface area contributed by atoms with Gasteiger partial charge < -0.3 is 16.4 Å². The standard InChI is InChI=1S/C21H18N4O2/c1-12(20(23)26)10-25-11-19-16-5-3-2-4-15(16)17(7-18(19)21(25)27)13-6-14(22)9-24-8-13/h2-9H,1,10-11,22H2,(H2,23,26). The molecule has 2 amide bonds. The Kier molecular flexibility index (Phi) is 3.88. The van der Waals surface area contributed by atoms with Gasteiger partial charge in [0, 0.05) is 35.6 Å². The highest BCUT2D eigenvalue weighted by atomic mass is 16.2. The van der Waals surface area contributed by atoms with Crippen molar-refractivity contribution in [2.24, 2.45) is 5.73 Å². The Morgan fingerprint density at radius 1 is 1.15 bits per heavy atom. The minimum Gasteiger partial charge on any atom is -0.397 e. The fraction of sp³-hybridized carbons (Fsp3) is 0.0952. The first-order valence-corrected chi connectivity index (χ1v) is 8.48. The predicted octanol–water partition coefficient (Wildman–Crippen LogP) is 2.48. The Balaban J connectivity index is 1.87. The van der Waals surface area contributed by atoms with E-state index in [1.54, 1.807) is 17.3 Å². The molecule has 6 nitrogen and oxygen atoms in total. The molecule has 4 N–H and O–H groups in total. The number of primary amides is 1. The molecule has 6 heteroatoms. The number of nitrogens with two attached hydrogens (primary N) is 2. The lowest BCUT2D eigenvalue weighted by atomic mass is 9.93. The summed E-state index contributed by atoms with van der Waals surface area (Å²) in [5.74, 6) is -0.744. The molecule has 0 aliphatic carbocycles. The van der Waals surface area contributed by atoms with Crippen LogP contribution in [-0.2, 0) is 11.3 Å². The summed E-state index contributed by atoms with van der Waals surface area (Å²) >= 11 is 0. The zero-order valence-electron chi connectivity index (χ0n) is 14.6. The summed E-state index contributed by atoms with van der Waals surface area (Å²) in [5.41, 5.74) is 15.2. The lowest BCUT2D eigenvalue weighted by Crippen LogP contribution is -2.30. The molecule has 0 saturated carbocycles. The van der Waals surface area contributed by atoms with Crippen molar-refractivity contribution in [2.75, 3.05) is 12.3 Å². The van der Waals surface area contributed by atoms with Gasteiger partial charge in [-0.15, -0.1) is 0 Å². The van der Waals surface area contributed by atoms with E-state index in [1.807, 2.05) is 36.4 Å². The normalized spacial score (nSPS) is 13.0. The number of nitrogens with zero attached hydrogens (tertiary/aromatic N) is 2. The number of carbonyl (C=O) groups excluding carboxylic acids is 2. The molecule has 0 atom stereocenters. The summed E-state index contributed by atoms with van der Waals surface area (Å²) in [5, 5.41) is 2.01. The summed E-state index contributed by atoms with van der Waals surface area (Å²) in [4.78, 5) is 30.0. The van der Waals surface area contributed by atoms with Gasteiger partial charge in [-0.05, 0) is 34.0 Å². The van der Waals surface area contributed by atoms with Crippen LogP contribution in [0.3, 0.4) is 0 Å². The minimum atomic E-state index is -0.602. The third-order valence-electron chi connectivity index (χ3n) is 4.82. The summed E-state index contributed by atoms with van der Waals surface area (Å²) in [6, 6.07) is 11.6. The average Bonchev–Trinajstić information content (AvgIpc) is 2.97. The van der Waals surface area contributed by atoms with E-state index in [0.717, 1.165) is 27.5 Å². The van der Waals surface area contributed by atoms with E-state index >= 15 is 0 Å². The molecular weight excluding hydrogens is 340 g/mol. The third kappa shape index (κ3) is 2.81. The first kappa shape index (κ1) is 16.8. The summed E-state index contributed by atoms with van der Waals surface area (Å²) in [6.07, 6.45) is 3.32. The van der Waals surface area contributed by atoms with Crippen LogP contribution >= 0.6 is 0 Å². The predicted molar refractivity (Wildman–Crippen MR) is 105 cm³/mol. The Labute approximate surface area is 156 Å². The Hall–Kier alpha value is -3.67. The maximum atomic E-state index is 12.9. The van der Waals surface area contributed by atoms with Gasteiger partial charge in [0.2, 0.25) is 5.91 Å². The smallest absolute Gasteiger partial charge is 0.254 e. The highest BCUT2D eigenvalue weighted by molar-refractivity contribution is 6.09. The molecule has 0 saturated heterocycles. The number of fused-ring (bicyclic) bond motifs is 3. The molecule has 3 aromatic rings. The van der Waals surface area contributed by atoms with E-state index in [9.17, 15) is 9.59 Å². The number of aromatic nitrogens is 1. The monoisotopic (exact) mass is 358 g/mol. The van der Waals surface area contributed by atoms with Gasteiger partial charge in [0.25, 0.3) is 5.91 Å². The van der Waals surface area contributed by atoms with Gasteiger partial charge >= 0.3 is 0 Å². The van der Waals surface area contributed by atoms with Gasteiger partial charge in [0.15, 0.2) is 0 Å². The Bertz CT molecular complexity index is 1120. The molecule has 2 heterocycles. The van der Waals surface area contributed by atoms with Crippen molar-refractivity contribution >= 4 is 28.3 Å². The summed E-state index contributed by atoms with van der Waals surface area (Å²) < 4.78 is 0. The molecule has 4 rings (SSSR count). The topological polar surface area (TPSA) is 102 Å². The van der Waals surface area contributed by atoms with E-state index in [-0.39, 0.29) is 18.0 Å². The number of nitrogen functional groups attached to an aromatic ring is 1. The summed E-state index contributed by atoms with van der Waals surface area (Å²) in [6.45, 7) is 4.19. The number of hydrogen-bond donors (Lipinski definition) is 2. The maximum absolute atomic E-state index is 12.9. The molecule has 1 aliphatic heterocycles. The van der Waals surface area contributed by atoms with Gasteiger partial charge in [0.05, 0.1) is 12.2 Å². The van der Waals surface area contributed by atoms with Crippen LogP contribution < -0.4 is 11.5 Å². The van der Waals surface area contributed by atoms with Crippen molar-refractivity contribution < 1.29 is 9.59 Å². The lowest BCUT2D eigenvalue weighted by Gasteiger charge is -2.15. The molecular formula is C21H18N4O2. The first-order valence-electron chi connectivity index (χ1n) is 8.48. The van der Waals surface area contributed by atoms with Crippen molar-refractivity contribution in [3.63, 3.8) is 0 Å². The number of anilines is 1. The Morgan fingerprint density at radius 2 is 1.89 bits per heavy atom. The fourth-order valence-corrected chi connectivity index (χ4v) is 3.51. The quantitative estimate of drug-likeness (QED) is 0.699. The van der Waals surface area contributed by atoms with Crippen LogP contribution in [-0.4, -0.2) is 28.2 Å². The second-order valence-corrected chi connectivity index (χ2v) is 6.63. The molecule has 0 fully saturated rings. The van der Waals surface area contributed by atoms with E-state index in [2.05, 4.69) is 11.6 Å². The van der Waals surface area contributed by atoms with Crippen LogP contribution in [0.1, 0.15) is 15.9 Å². The van der Waals surface area contributed by atoms with Gasteiger partial charge in [-0.25, -0.2) is 0 Å². The highest BCUT2D eigenvalue weighted by Crippen LogP contribution is 2.37. The number of rotatable bonds is 4. The summed E-state index contributed by atoms with van der Waals surface area (Å²) in [7, 11) is 0. The van der Waals surface area contributed by atoms with Crippen LogP contribution in [0.2, 0.25) is 0 Å². The van der Waals surface area contributed by atoms with Crippen LogP contribution in [0.15, 0.2) is 60.9 Å². The molecule has 0 unspecified atom stereocenters.